The molecule has 5 heteroatoms. The summed E-state index contributed by atoms with van der Waals surface area (Å²) in [5.74, 6) is -0.261. The first-order chi connectivity index (χ1) is 7.99. The van der Waals surface area contributed by atoms with E-state index >= 15 is 0 Å². The maximum absolute atomic E-state index is 11.4. The molecule has 1 aromatic rings. The normalized spacial score (nSPS) is 14.4. The number of carbonyl (C=O) groups excluding carboxylic acids is 1. The second kappa shape index (κ2) is 5.82. The van der Waals surface area contributed by atoms with E-state index < -0.39 is 0 Å². The van der Waals surface area contributed by atoms with E-state index in [9.17, 15) is 4.79 Å². The summed E-state index contributed by atoms with van der Waals surface area (Å²) in [4.78, 5) is 11.4. The van der Waals surface area contributed by atoms with Crippen LogP contribution in [0.1, 0.15) is 36.9 Å². The first-order valence-corrected chi connectivity index (χ1v) is 5.82. The summed E-state index contributed by atoms with van der Waals surface area (Å²) in [6.45, 7) is 3.95. The van der Waals surface area contributed by atoms with Crippen LogP contribution in [0, 0.1) is 6.92 Å². The van der Waals surface area contributed by atoms with Crippen molar-refractivity contribution >= 4 is 5.97 Å². The van der Waals surface area contributed by atoms with Crippen LogP contribution in [-0.4, -0.2) is 28.9 Å². The molecule has 2 N–H and O–H groups in total. The molecule has 0 fully saturated rings. The predicted octanol–water partition coefficient (Wildman–Crippen LogP) is 1.11. The van der Waals surface area contributed by atoms with Gasteiger partial charge in [-0.2, -0.15) is 5.10 Å². The van der Waals surface area contributed by atoms with Crippen molar-refractivity contribution in [3.05, 3.63) is 17.5 Å². The molecule has 0 amide bonds. The molecule has 0 aromatic carbocycles. The van der Waals surface area contributed by atoms with E-state index in [0.717, 1.165) is 17.7 Å². The summed E-state index contributed by atoms with van der Waals surface area (Å²) in [6, 6.07) is -0.0583. The zero-order valence-electron chi connectivity index (χ0n) is 10.9. The Bertz CT molecular complexity index is 387. The lowest BCUT2D eigenvalue weighted by molar-refractivity contribution is -0.141. The summed E-state index contributed by atoms with van der Waals surface area (Å²) in [6.07, 6.45) is 3.05. The van der Waals surface area contributed by atoms with Gasteiger partial charge in [-0.15, -0.1) is 0 Å². The minimum atomic E-state index is -0.234. The molecule has 1 rings (SSSR count). The van der Waals surface area contributed by atoms with E-state index in [0.29, 0.717) is 6.42 Å². The van der Waals surface area contributed by atoms with Gasteiger partial charge in [0.15, 0.2) is 0 Å². The highest BCUT2D eigenvalue weighted by Gasteiger charge is 2.25. The highest BCUT2D eigenvalue weighted by Crippen LogP contribution is 2.26. The SMILES string of the molecule is CCC(N)C(CC(=O)OC)c1cn(C)nc1C. The van der Waals surface area contributed by atoms with Crippen molar-refractivity contribution in [2.45, 2.75) is 38.6 Å². The number of carbonyl (C=O) groups is 1. The van der Waals surface area contributed by atoms with Crippen molar-refractivity contribution in [2.75, 3.05) is 7.11 Å². The van der Waals surface area contributed by atoms with E-state index in [2.05, 4.69) is 5.10 Å². The monoisotopic (exact) mass is 239 g/mol. The van der Waals surface area contributed by atoms with Crippen LogP contribution in [0.2, 0.25) is 0 Å². The number of rotatable bonds is 5. The van der Waals surface area contributed by atoms with Crippen molar-refractivity contribution in [3.63, 3.8) is 0 Å². The van der Waals surface area contributed by atoms with Crippen LogP contribution >= 0.6 is 0 Å². The van der Waals surface area contributed by atoms with Crippen molar-refractivity contribution in [1.82, 2.24) is 9.78 Å². The average molecular weight is 239 g/mol. The Morgan fingerprint density at radius 2 is 2.29 bits per heavy atom. The fourth-order valence-corrected chi connectivity index (χ4v) is 2.02. The Morgan fingerprint density at radius 1 is 1.65 bits per heavy atom. The van der Waals surface area contributed by atoms with Gasteiger partial charge in [0.25, 0.3) is 0 Å². The number of aromatic nitrogens is 2. The molecule has 0 aliphatic rings. The standard InChI is InChI=1S/C12H21N3O2/c1-5-11(13)9(6-12(16)17-4)10-7-15(3)14-8(10)2/h7,9,11H,5-6,13H2,1-4H3. The summed E-state index contributed by atoms with van der Waals surface area (Å²) < 4.78 is 6.47. The molecular formula is C12H21N3O2. The van der Waals surface area contributed by atoms with Gasteiger partial charge >= 0.3 is 5.97 Å². The Labute approximate surface area is 102 Å². The quantitative estimate of drug-likeness (QED) is 0.781. The molecular weight excluding hydrogens is 218 g/mol. The minimum absolute atomic E-state index is 0.0267. The predicted molar refractivity (Wildman–Crippen MR) is 65.6 cm³/mol. The Hall–Kier alpha value is -1.36. The highest BCUT2D eigenvalue weighted by atomic mass is 16.5. The summed E-state index contributed by atoms with van der Waals surface area (Å²) >= 11 is 0. The van der Waals surface area contributed by atoms with Crippen LogP contribution in [0.5, 0.6) is 0 Å². The van der Waals surface area contributed by atoms with Gasteiger partial charge in [0, 0.05) is 25.2 Å². The fourth-order valence-electron chi connectivity index (χ4n) is 2.02. The molecule has 2 atom stereocenters. The molecule has 0 radical (unpaired) electrons. The molecule has 0 aliphatic carbocycles. The van der Waals surface area contributed by atoms with Crippen LogP contribution < -0.4 is 5.73 Å². The van der Waals surface area contributed by atoms with Gasteiger partial charge in [0.05, 0.1) is 19.2 Å². The maximum Gasteiger partial charge on any atom is 0.306 e. The summed E-state index contributed by atoms with van der Waals surface area (Å²) in [7, 11) is 3.26. The van der Waals surface area contributed by atoms with Gasteiger partial charge in [-0.25, -0.2) is 0 Å². The van der Waals surface area contributed by atoms with Crippen LogP contribution in [0.25, 0.3) is 0 Å². The molecule has 1 heterocycles. The number of nitrogens with zero attached hydrogens (tertiary/aromatic N) is 2. The van der Waals surface area contributed by atoms with Crippen molar-refractivity contribution in [1.29, 1.82) is 0 Å². The Balaban J connectivity index is 2.97. The largest absolute Gasteiger partial charge is 0.469 e. The highest BCUT2D eigenvalue weighted by molar-refractivity contribution is 5.70. The van der Waals surface area contributed by atoms with Crippen LogP contribution in [0.15, 0.2) is 6.20 Å². The number of ether oxygens (including phenoxy) is 1. The Morgan fingerprint density at radius 3 is 2.71 bits per heavy atom. The molecule has 0 aliphatic heterocycles. The maximum atomic E-state index is 11.4. The summed E-state index contributed by atoms with van der Waals surface area (Å²) in [5.41, 5.74) is 8.04. The van der Waals surface area contributed by atoms with Gasteiger partial charge in [0.2, 0.25) is 0 Å². The second-order valence-electron chi connectivity index (χ2n) is 4.30. The fraction of sp³-hybridized carbons (Fsp3) is 0.667. The molecule has 0 saturated heterocycles. The van der Waals surface area contributed by atoms with E-state index in [4.69, 9.17) is 10.5 Å². The number of nitrogens with two attached hydrogens (primary N) is 1. The van der Waals surface area contributed by atoms with Crippen molar-refractivity contribution in [3.8, 4) is 0 Å². The van der Waals surface area contributed by atoms with E-state index in [1.165, 1.54) is 7.11 Å². The van der Waals surface area contributed by atoms with Gasteiger partial charge in [-0.3, -0.25) is 9.48 Å². The molecule has 17 heavy (non-hydrogen) atoms. The third kappa shape index (κ3) is 3.30. The molecule has 0 bridgehead atoms. The topological polar surface area (TPSA) is 70.1 Å². The van der Waals surface area contributed by atoms with Gasteiger partial charge in [0.1, 0.15) is 0 Å². The smallest absolute Gasteiger partial charge is 0.306 e. The number of hydrogen-bond donors (Lipinski definition) is 1. The number of esters is 1. The van der Waals surface area contributed by atoms with Gasteiger partial charge < -0.3 is 10.5 Å². The number of methoxy groups -OCH3 is 1. The molecule has 0 spiro atoms. The first-order valence-electron chi connectivity index (χ1n) is 5.82. The Kier molecular flexibility index (Phi) is 4.69. The van der Waals surface area contributed by atoms with Crippen LogP contribution in [0.4, 0.5) is 0 Å². The zero-order chi connectivity index (χ0) is 13.0. The third-order valence-corrected chi connectivity index (χ3v) is 3.05. The zero-order valence-corrected chi connectivity index (χ0v) is 10.9. The molecule has 2 unspecified atom stereocenters. The molecule has 5 nitrogen and oxygen atoms in total. The van der Waals surface area contributed by atoms with Crippen LogP contribution in [0.3, 0.4) is 0 Å². The van der Waals surface area contributed by atoms with Crippen molar-refractivity contribution in [2.24, 2.45) is 12.8 Å². The lowest BCUT2D eigenvalue weighted by Gasteiger charge is -2.21. The van der Waals surface area contributed by atoms with E-state index in [1.54, 1.807) is 4.68 Å². The molecule has 1 aromatic heterocycles. The van der Waals surface area contributed by atoms with Gasteiger partial charge in [-0.05, 0) is 18.9 Å². The van der Waals surface area contributed by atoms with Crippen molar-refractivity contribution < 1.29 is 9.53 Å². The first kappa shape index (κ1) is 13.7. The number of aryl methyl sites for hydroxylation is 2. The van der Waals surface area contributed by atoms with E-state index in [-0.39, 0.29) is 17.9 Å². The van der Waals surface area contributed by atoms with Crippen LogP contribution in [-0.2, 0) is 16.6 Å². The van der Waals surface area contributed by atoms with E-state index in [1.807, 2.05) is 27.1 Å². The second-order valence-corrected chi connectivity index (χ2v) is 4.30. The van der Waals surface area contributed by atoms with Gasteiger partial charge in [-0.1, -0.05) is 6.92 Å². The average Bonchev–Trinajstić information content (AvgIpc) is 2.63. The molecule has 0 saturated carbocycles. The third-order valence-electron chi connectivity index (χ3n) is 3.05. The lowest BCUT2D eigenvalue weighted by Crippen LogP contribution is -2.30. The summed E-state index contributed by atoms with van der Waals surface area (Å²) in [5, 5.41) is 4.29. The minimum Gasteiger partial charge on any atom is -0.469 e. The number of hydrogen-bond acceptors (Lipinski definition) is 4. The lowest BCUT2D eigenvalue weighted by atomic mass is 9.88. The molecule has 96 valence electrons.